The number of nitrogens with one attached hydrogen (secondary N) is 1. The number of likely N-dealkylation sites (tertiary alicyclic amines) is 1. The summed E-state index contributed by atoms with van der Waals surface area (Å²) in [5.41, 5.74) is -0.773. The number of carbonyl (C=O) groups excluding carboxylic acids is 1. The molecule has 6 nitrogen and oxygen atoms in total. The molecule has 1 saturated heterocycles. The lowest BCUT2D eigenvalue weighted by Gasteiger charge is -2.17. The molecule has 2 N–H and O–H groups in total. The van der Waals surface area contributed by atoms with E-state index in [1.54, 1.807) is 11.8 Å². The van der Waals surface area contributed by atoms with Gasteiger partial charge in [0.2, 0.25) is 10.1 Å². The summed E-state index contributed by atoms with van der Waals surface area (Å²) in [7, 11) is 0. The molecule has 1 amide bonds. The Bertz CT molecular complexity index is 418. The molecule has 94 valence electrons. The fraction of sp³-hybridized carbons (Fsp3) is 0.700. The first-order valence-electron chi connectivity index (χ1n) is 5.61. The molecule has 7 heteroatoms. The molecule has 2 heterocycles. The van der Waals surface area contributed by atoms with Crippen LogP contribution in [0, 0.1) is 0 Å². The van der Waals surface area contributed by atoms with Crippen LogP contribution in [0.15, 0.2) is 0 Å². The number of rotatable bonds is 3. The zero-order valence-corrected chi connectivity index (χ0v) is 10.8. The van der Waals surface area contributed by atoms with Crippen LogP contribution in [-0.2, 0) is 0 Å². The largest absolute Gasteiger partial charge is 0.388 e. The average Bonchev–Trinajstić information content (AvgIpc) is 2.85. The van der Waals surface area contributed by atoms with Crippen molar-refractivity contribution in [2.24, 2.45) is 0 Å². The summed E-state index contributed by atoms with van der Waals surface area (Å²) in [6.45, 7) is 5.39. The van der Waals surface area contributed by atoms with Crippen LogP contribution >= 0.6 is 11.3 Å². The van der Waals surface area contributed by atoms with Crippen LogP contribution in [0.2, 0.25) is 0 Å². The van der Waals surface area contributed by atoms with E-state index in [9.17, 15) is 9.90 Å². The van der Waals surface area contributed by atoms with Crippen molar-refractivity contribution in [3.05, 3.63) is 5.01 Å². The lowest BCUT2D eigenvalue weighted by molar-refractivity contribution is 0.0571. The van der Waals surface area contributed by atoms with Crippen molar-refractivity contribution < 1.29 is 9.90 Å². The molecule has 17 heavy (non-hydrogen) atoms. The summed E-state index contributed by atoms with van der Waals surface area (Å²) >= 11 is 1.25. The molecule has 2 rings (SSSR count). The van der Waals surface area contributed by atoms with E-state index in [0.717, 1.165) is 6.54 Å². The van der Waals surface area contributed by atoms with Gasteiger partial charge in [0.15, 0.2) is 0 Å². The fourth-order valence-electron chi connectivity index (χ4n) is 1.79. The Kier molecular flexibility index (Phi) is 3.30. The Labute approximate surface area is 104 Å². The molecule has 1 fully saturated rings. The van der Waals surface area contributed by atoms with E-state index in [2.05, 4.69) is 15.5 Å². The monoisotopic (exact) mass is 256 g/mol. The predicted molar refractivity (Wildman–Crippen MR) is 65.2 cm³/mol. The van der Waals surface area contributed by atoms with Crippen LogP contribution in [-0.4, -0.2) is 51.3 Å². The molecule has 1 atom stereocenters. The van der Waals surface area contributed by atoms with Gasteiger partial charge in [0.25, 0.3) is 5.91 Å². The van der Waals surface area contributed by atoms with Gasteiger partial charge < -0.3 is 15.3 Å². The second-order valence-electron chi connectivity index (χ2n) is 4.42. The minimum Gasteiger partial charge on any atom is -0.388 e. The van der Waals surface area contributed by atoms with Gasteiger partial charge in [-0.15, -0.1) is 10.2 Å². The van der Waals surface area contributed by atoms with Gasteiger partial charge in [-0.3, -0.25) is 4.79 Å². The molecule has 0 aliphatic carbocycles. The number of nitrogens with zero attached hydrogens (tertiary/aromatic N) is 3. The Morgan fingerprint density at radius 2 is 2.41 bits per heavy atom. The number of hydrogen-bond acceptors (Lipinski definition) is 6. The maximum Gasteiger partial charge on any atom is 0.285 e. The standard InChI is InChI=1S/C10H16N4O2S/c1-3-11-9-13-12-7(17-9)8(15)14-5-4-10(2,16)6-14/h16H,3-6H2,1-2H3,(H,11,13). The van der Waals surface area contributed by atoms with Gasteiger partial charge in [-0.25, -0.2) is 0 Å². The van der Waals surface area contributed by atoms with Crippen LogP contribution < -0.4 is 5.32 Å². The van der Waals surface area contributed by atoms with E-state index >= 15 is 0 Å². The zero-order valence-electron chi connectivity index (χ0n) is 9.93. The van der Waals surface area contributed by atoms with Crippen LogP contribution in [0.5, 0.6) is 0 Å². The van der Waals surface area contributed by atoms with Gasteiger partial charge in [-0.2, -0.15) is 0 Å². The van der Waals surface area contributed by atoms with Gasteiger partial charge >= 0.3 is 0 Å². The normalized spacial score (nSPS) is 24.1. The van der Waals surface area contributed by atoms with Crippen molar-refractivity contribution >= 4 is 22.4 Å². The first kappa shape index (κ1) is 12.3. The third-order valence-electron chi connectivity index (χ3n) is 2.67. The molecule has 0 saturated carbocycles. The van der Waals surface area contributed by atoms with E-state index in [4.69, 9.17) is 0 Å². The van der Waals surface area contributed by atoms with Gasteiger partial charge in [0.1, 0.15) is 0 Å². The topological polar surface area (TPSA) is 78.4 Å². The third-order valence-corrected chi connectivity index (χ3v) is 3.54. The highest BCUT2D eigenvalue weighted by atomic mass is 32.1. The van der Waals surface area contributed by atoms with Gasteiger partial charge in [-0.1, -0.05) is 11.3 Å². The van der Waals surface area contributed by atoms with E-state index in [-0.39, 0.29) is 5.91 Å². The number of anilines is 1. The smallest absolute Gasteiger partial charge is 0.285 e. The summed E-state index contributed by atoms with van der Waals surface area (Å²) in [5.74, 6) is -0.149. The molecule has 1 aromatic heterocycles. The van der Waals surface area contributed by atoms with E-state index in [1.165, 1.54) is 11.3 Å². The fourth-order valence-corrected chi connectivity index (χ4v) is 2.57. The van der Waals surface area contributed by atoms with Crippen molar-refractivity contribution in [2.75, 3.05) is 25.0 Å². The number of β-amino-alcohol motifs (C(OH)–C–C–N with tert-alkyl or cyclic N) is 1. The summed E-state index contributed by atoms with van der Waals surface area (Å²) in [6.07, 6.45) is 0.609. The van der Waals surface area contributed by atoms with E-state index < -0.39 is 5.60 Å². The van der Waals surface area contributed by atoms with Crippen molar-refractivity contribution in [2.45, 2.75) is 25.9 Å². The third kappa shape index (κ3) is 2.73. The van der Waals surface area contributed by atoms with Crippen molar-refractivity contribution in [1.82, 2.24) is 15.1 Å². The van der Waals surface area contributed by atoms with Crippen molar-refractivity contribution in [3.8, 4) is 0 Å². The molecule has 0 bridgehead atoms. The molecule has 1 aromatic rings. The summed E-state index contributed by atoms with van der Waals surface area (Å²) in [5, 5.41) is 21.6. The maximum absolute atomic E-state index is 12.0. The molecule has 0 spiro atoms. The quantitative estimate of drug-likeness (QED) is 0.826. The maximum atomic E-state index is 12.0. The minimum absolute atomic E-state index is 0.149. The first-order valence-corrected chi connectivity index (χ1v) is 6.42. The molecule has 0 aromatic carbocycles. The molecule has 1 aliphatic heterocycles. The second-order valence-corrected chi connectivity index (χ2v) is 5.39. The summed E-state index contributed by atoms with van der Waals surface area (Å²) in [6, 6.07) is 0. The Hall–Kier alpha value is -1.21. The Morgan fingerprint density at radius 1 is 1.65 bits per heavy atom. The Morgan fingerprint density at radius 3 is 3.00 bits per heavy atom. The molecule has 0 radical (unpaired) electrons. The summed E-state index contributed by atoms with van der Waals surface area (Å²) in [4.78, 5) is 13.7. The van der Waals surface area contributed by atoms with Crippen LogP contribution in [0.3, 0.4) is 0 Å². The average molecular weight is 256 g/mol. The minimum atomic E-state index is -0.773. The molecular weight excluding hydrogens is 240 g/mol. The van der Waals surface area contributed by atoms with Gasteiger partial charge in [-0.05, 0) is 20.3 Å². The van der Waals surface area contributed by atoms with Crippen LogP contribution in [0.25, 0.3) is 0 Å². The number of carbonyl (C=O) groups is 1. The first-order chi connectivity index (χ1) is 8.02. The zero-order chi connectivity index (χ0) is 12.5. The van der Waals surface area contributed by atoms with E-state index in [0.29, 0.717) is 29.6 Å². The predicted octanol–water partition coefficient (Wildman–Crippen LogP) is 0.567. The second kappa shape index (κ2) is 4.58. The number of amides is 1. The summed E-state index contributed by atoms with van der Waals surface area (Å²) < 4.78 is 0. The highest BCUT2D eigenvalue weighted by Gasteiger charge is 2.35. The Balaban J connectivity index is 2.04. The molecule has 1 aliphatic rings. The number of aliphatic hydroxyl groups is 1. The van der Waals surface area contributed by atoms with Crippen LogP contribution in [0.4, 0.5) is 5.13 Å². The lowest BCUT2D eigenvalue weighted by Crippen LogP contribution is -2.33. The number of hydrogen-bond donors (Lipinski definition) is 2. The highest BCUT2D eigenvalue weighted by molar-refractivity contribution is 7.17. The van der Waals surface area contributed by atoms with Gasteiger partial charge in [0.05, 0.1) is 5.60 Å². The molecular formula is C10H16N4O2S. The van der Waals surface area contributed by atoms with Crippen LogP contribution in [0.1, 0.15) is 30.1 Å². The lowest BCUT2D eigenvalue weighted by atomic mass is 10.1. The highest BCUT2D eigenvalue weighted by Crippen LogP contribution is 2.24. The number of aromatic nitrogens is 2. The SMILES string of the molecule is CCNc1nnc(C(=O)N2CCC(C)(O)C2)s1. The molecule has 1 unspecified atom stereocenters. The van der Waals surface area contributed by atoms with Crippen molar-refractivity contribution in [3.63, 3.8) is 0 Å². The van der Waals surface area contributed by atoms with Crippen molar-refractivity contribution in [1.29, 1.82) is 0 Å². The van der Waals surface area contributed by atoms with Gasteiger partial charge in [0, 0.05) is 19.6 Å². The van der Waals surface area contributed by atoms with E-state index in [1.807, 2.05) is 6.92 Å².